The number of amides is 1. The Kier molecular flexibility index (Phi) is 10.9. The fourth-order valence-corrected chi connectivity index (χ4v) is 1.79. The molecule has 0 aliphatic carbocycles. The molecule has 0 heterocycles. The zero-order valence-corrected chi connectivity index (χ0v) is 13.9. The SMILES string of the molecule is CCOCCO[C@@H](C)C(=O)N(CC(=O)OCC)CC(C)C. The van der Waals surface area contributed by atoms with Gasteiger partial charge in [0.25, 0.3) is 5.91 Å². The van der Waals surface area contributed by atoms with Crippen LogP contribution in [0.4, 0.5) is 0 Å². The van der Waals surface area contributed by atoms with Crippen molar-refractivity contribution in [3.05, 3.63) is 0 Å². The van der Waals surface area contributed by atoms with Crippen LogP contribution in [0.5, 0.6) is 0 Å². The Morgan fingerprint density at radius 2 is 1.71 bits per heavy atom. The van der Waals surface area contributed by atoms with Crippen molar-refractivity contribution in [1.82, 2.24) is 4.90 Å². The van der Waals surface area contributed by atoms with Gasteiger partial charge in [0.1, 0.15) is 12.6 Å². The monoisotopic (exact) mass is 303 g/mol. The predicted molar refractivity (Wildman–Crippen MR) is 80.0 cm³/mol. The van der Waals surface area contributed by atoms with Crippen LogP contribution in [0.3, 0.4) is 0 Å². The summed E-state index contributed by atoms with van der Waals surface area (Å²) >= 11 is 0. The molecule has 6 nitrogen and oxygen atoms in total. The molecule has 0 saturated heterocycles. The maximum absolute atomic E-state index is 12.3. The fourth-order valence-electron chi connectivity index (χ4n) is 1.79. The van der Waals surface area contributed by atoms with Crippen molar-refractivity contribution in [1.29, 1.82) is 0 Å². The molecular formula is C15H29NO5. The van der Waals surface area contributed by atoms with E-state index in [-0.39, 0.29) is 18.4 Å². The van der Waals surface area contributed by atoms with E-state index in [1.807, 2.05) is 20.8 Å². The topological polar surface area (TPSA) is 65.1 Å². The molecule has 0 N–H and O–H groups in total. The summed E-state index contributed by atoms with van der Waals surface area (Å²) in [5.41, 5.74) is 0. The fraction of sp³-hybridized carbons (Fsp3) is 0.867. The van der Waals surface area contributed by atoms with Crippen LogP contribution in [0.2, 0.25) is 0 Å². The van der Waals surface area contributed by atoms with Gasteiger partial charge in [0.2, 0.25) is 0 Å². The van der Waals surface area contributed by atoms with E-state index < -0.39 is 12.1 Å². The van der Waals surface area contributed by atoms with E-state index in [4.69, 9.17) is 14.2 Å². The normalized spacial score (nSPS) is 12.3. The third kappa shape index (κ3) is 9.42. The molecule has 6 heteroatoms. The quantitative estimate of drug-likeness (QED) is 0.427. The molecule has 124 valence electrons. The molecule has 0 fully saturated rings. The first-order chi connectivity index (χ1) is 9.92. The molecule has 0 aromatic heterocycles. The largest absolute Gasteiger partial charge is 0.465 e. The van der Waals surface area contributed by atoms with E-state index in [1.165, 1.54) is 4.90 Å². The van der Waals surface area contributed by atoms with Crippen molar-refractivity contribution in [2.45, 2.75) is 40.7 Å². The molecule has 0 unspecified atom stereocenters. The number of rotatable bonds is 11. The van der Waals surface area contributed by atoms with Crippen LogP contribution in [0.15, 0.2) is 0 Å². The van der Waals surface area contributed by atoms with E-state index in [0.717, 1.165) is 0 Å². The summed E-state index contributed by atoms with van der Waals surface area (Å²) in [5, 5.41) is 0. The van der Waals surface area contributed by atoms with Gasteiger partial charge in [-0.25, -0.2) is 0 Å². The highest BCUT2D eigenvalue weighted by atomic mass is 16.5. The third-order valence-corrected chi connectivity index (χ3v) is 2.67. The molecule has 0 saturated carbocycles. The number of nitrogens with zero attached hydrogens (tertiary/aromatic N) is 1. The van der Waals surface area contributed by atoms with Crippen molar-refractivity contribution in [3.63, 3.8) is 0 Å². The van der Waals surface area contributed by atoms with E-state index in [0.29, 0.717) is 33.0 Å². The van der Waals surface area contributed by atoms with Crippen LogP contribution in [0.25, 0.3) is 0 Å². The number of esters is 1. The minimum absolute atomic E-state index is 0.0377. The summed E-state index contributed by atoms with van der Waals surface area (Å²) in [4.78, 5) is 25.4. The first-order valence-corrected chi connectivity index (χ1v) is 7.56. The van der Waals surface area contributed by atoms with Crippen molar-refractivity contribution in [2.24, 2.45) is 5.92 Å². The van der Waals surface area contributed by atoms with E-state index >= 15 is 0 Å². The standard InChI is InChI=1S/C15H29NO5/c1-6-19-8-9-21-13(5)15(18)16(10-12(3)4)11-14(17)20-7-2/h12-13H,6-11H2,1-5H3/t13-/m0/s1. The summed E-state index contributed by atoms with van der Waals surface area (Å²) in [6.07, 6.45) is -0.598. The van der Waals surface area contributed by atoms with Gasteiger partial charge < -0.3 is 19.1 Å². The molecule has 0 aromatic carbocycles. The van der Waals surface area contributed by atoms with Gasteiger partial charge in [-0.2, -0.15) is 0 Å². The Bertz CT molecular complexity index is 306. The van der Waals surface area contributed by atoms with Crippen molar-refractivity contribution in [2.75, 3.05) is 39.5 Å². The first-order valence-electron chi connectivity index (χ1n) is 7.56. The molecule has 21 heavy (non-hydrogen) atoms. The highest BCUT2D eigenvalue weighted by molar-refractivity contribution is 5.84. The number of carbonyl (C=O) groups excluding carboxylic acids is 2. The maximum Gasteiger partial charge on any atom is 0.325 e. The Morgan fingerprint density at radius 3 is 2.24 bits per heavy atom. The number of hydrogen-bond acceptors (Lipinski definition) is 5. The first kappa shape index (κ1) is 19.9. The minimum Gasteiger partial charge on any atom is -0.465 e. The van der Waals surface area contributed by atoms with E-state index in [9.17, 15) is 9.59 Å². The lowest BCUT2D eigenvalue weighted by molar-refractivity contribution is -0.154. The lowest BCUT2D eigenvalue weighted by atomic mass is 10.2. The molecule has 0 spiro atoms. The molecule has 1 amide bonds. The van der Waals surface area contributed by atoms with Gasteiger partial charge in [0, 0.05) is 13.2 Å². The minimum atomic E-state index is -0.598. The average Bonchev–Trinajstić information content (AvgIpc) is 2.41. The van der Waals surface area contributed by atoms with Crippen LogP contribution in [-0.2, 0) is 23.8 Å². The Labute approximate surface area is 127 Å². The summed E-state index contributed by atoms with van der Waals surface area (Å²) in [6.45, 7) is 11.5. The molecule has 0 aliphatic heterocycles. The van der Waals surface area contributed by atoms with Gasteiger partial charge in [-0.1, -0.05) is 13.8 Å². The Morgan fingerprint density at radius 1 is 1.05 bits per heavy atom. The van der Waals surface area contributed by atoms with Crippen LogP contribution in [0, 0.1) is 5.92 Å². The van der Waals surface area contributed by atoms with Gasteiger partial charge in [-0.3, -0.25) is 9.59 Å². The molecule has 1 atom stereocenters. The molecular weight excluding hydrogens is 274 g/mol. The summed E-state index contributed by atoms with van der Waals surface area (Å²) in [5.74, 6) is -0.333. The van der Waals surface area contributed by atoms with Gasteiger partial charge in [0.15, 0.2) is 0 Å². The van der Waals surface area contributed by atoms with Crippen LogP contribution >= 0.6 is 0 Å². The number of ether oxygens (including phenoxy) is 3. The third-order valence-electron chi connectivity index (χ3n) is 2.67. The average molecular weight is 303 g/mol. The summed E-state index contributed by atoms with van der Waals surface area (Å²) < 4.78 is 15.5. The van der Waals surface area contributed by atoms with E-state index in [1.54, 1.807) is 13.8 Å². The summed E-state index contributed by atoms with van der Waals surface area (Å²) in [6, 6.07) is 0. The molecule has 0 rings (SSSR count). The lowest BCUT2D eigenvalue weighted by Gasteiger charge is -2.26. The van der Waals surface area contributed by atoms with Gasteiger partial charge >= 0.3 is 5.97 Å². The Hall–Kier alpha value is -1.14. The Balaban J connectivity index is 4.44. The van der Waals surface area contributed by atoms with Crippen LogP contribution in [-0.4, -0.2) is 62.4 Å². The van der Waals surface area contributed by atoms with Crippen LogP contribution in [0.1, 0.15) is 34.6 Å². The zero-order valence-electron chi connectivity index (χ0n) is 13.9. The lowest BCUT2D eigenvalue weighted by Crippen LogP contribution is -2.44. The molecule has 0 radical (unpaired) electrons. The summed E-state index contributed by atoms with van der Waals surface area (Å²) in [7, 11) is 0. The smallest absolute Gasteiger partial charge is 0.325 e. The van der Waals surface area contributed by atoms with Gasteiger partial charge in [-0.15, -0.1) is 0 Å². The predicted octanol–water partition coefficient (Wildman–Crippen LogP) is 1.48. The number of hydrogen-bond donors (Lipinski definition) is 0. The second-order valence-electron chi connectivity index (χ2n) is 5.13. The molecule has 0 bridgehead atoms. The molecule has 0 aliphatic rings. The van der Waals surface area contributed by atoms with Gasteiger partial charge in [0.05, 0.1) is 19.8 Å². The maximum atomic E-state index is 12.3. The van der Waals surface area contributed by atoms with Crippen molar-refractivity contribution < 1.29 is 23.8 Å². The van der Waals surface area contributed by atoms with Crippen molar-refractivity contribution in [3.8, 4) is 0 Å². The van der Waals surface area contributed by atoms with Crippen molar-refractivity contribution >= 4 is 11.9 Å². The zero-order chi connectivity index (χ0) is 16.3. The highest BCUT2D eigenvalue weighted by Gasteiger charge is 2.24. The second kappa shape index (κ2) is 11.5. The van der Waals surface area contributed by atoms with E-state index in [2.05, 4.69) is 0 Å². The molecule has 0 aromatic rings. The van der Waals surface area contributed by atoms with Crippen LogP contribution < -0.4 is 0 Å². The second-order valence-corrected chi connectivity index (χ2v) is 5.13. The number of carbonyl (C=O) groups is 2. The highest BCUT2D eigenvalue weighted by Crippen LogP contribution is 2.05. The van der Waals surface area contributed by atoms with Gasteiger partial charge in [-0.05, 0) is 26.7 Å².